The molecule has 0 atom stereocenters. The maximum absolute atomic E-state index is 12.3. The van der Waals surface area contributed by atoms with Crippen LogP contribution in [-0.2, 0) is 7.05 Å². The number of rotatable bonds is 3. The zero-order chi connectivity index (χ0) is 15.5. The van der Waals surface area contributed by atoms with Gasteiger partial charge in [-0.15, -0.1) is 0 Å². The number of anilines is 1. The first kappa shape index (κ1) is 14.0. The van der Waals surface area contributed by atoms with Crippen molar-refractivity contribution < 1.29 is 4.79 Å². The fraction of sp³-hybridized carbons (Fsp3) is 0.0667. The van der Waals surface area contributed by atoms with Crippen molar-refractivity contribution in [3.63, 3.8) is 0 Å². The average molecular weight is 309 g/mol. The molecule has 0 spiro atoms. The minimum atomic E-state index is -0.309. The highest BCUT2D eigenvalue weighted by molar-refractivity contribution is 7.16. The Kier molecular flexibility index (Phi) is 3.68. The quantitative estimate of drug-likeness (QED) is 0.806. The van der Waals surface area contributed by atoms with Gasteiger partial charge in [-0.25, -0.2) is 4.98 Å². The number of aromatic nitrogens is 3. The van der Waals surface area contributed by atoms with E-state index in [0.717, 1.165) is 22.6 Å². The lowest BCUT2D eigenvalue weighted by Gasteiger charge is -2.00. The van der Waals surface area contributed by atoms with Gasteiger partial charge in [0.15, 0.2) is 5.13 Å². The number of benzene rings is 1. The molecule has 0 saturated carbocycles. The predicted molar refractivity (Wildman–Crippen MR) is 83.4 cm³/mol. The highest BCUT2D eigenvalue weighted by Crippen LogP contribution is 2.21. The Labute approximate surface area is 130 Å². The van der Waals surface area contributed by atoms with Crippen LogP contribution in [0.5, 0.6) is 0 Å². The van der Waals surface area contributed by atoms with Gasteiger partial charge in [-0.3, -0.25) is 14.8 Å². The van der Waals surface area contributed by atoms with Gasteiger partial charge in [-0.1, -0.05) is 41.7 Å². The highest BCUT2D eigenvalue weighted by Gasteiger charge is 2.15. The van der Waals surface area contributed by atoms with Crippen molar-refractivity contribution in [1.82, 2.24) is 14.8 Å². The molecule has 7 heteroatoms. The summed E-state index contributed by atoms with van der Waals surface area (Å²) in [5.41, 5.74) is 2.09. The largest absolute Gasteiger partial charge is 0.296 e. The molecule has 0 fully saturated rings. The molecule has 2 aromatic heterocycles. The smallest absolute Gasteiger partial charge is 0.275 e. The predicted octanol–water partition coefficient (Wildman–Crippen LogP) is 2.67. The maximum atomic E-state index is 12.3. The second-order valence-corrected chi connectivity index (χ2v) is 5.53. The number of aryl methyl sites for hydroxylation is 1. The third-order valence-electron chi connectivity index (χ3n) is 3.02. The Morgan fingerprint density at radius 1 is 1.36 bits per heavy atom. The minimum Gasteiger partial charge on any atom is -0.296 e. The van der Waals surface area contributed by atoms with Crippen LogP contribution in [0.2, 0.25) is 0 Å². The summed E-state index contributed by atoms with van der Waals surface area (Å²) in [6.45, 7) is 0. The standard InChI is InChI=1S/C15H11N5OS/c1-20-13(7-12(19-20)10-5-3-2-4-6-10)14(21)18-15-17-9-11(8-16)22-15/h2-7,9H,1H3,(H,17,18,21). The van der Waals surface area contributed by atoms with E-state index in [1.165, 1.54) is 10.9 Å². The van der Waals surface area contributed by atoms with Crippen LogP contribution in [0.25, 0.3) is 11.3 Å². The molecule has 0 aliphatic rings. The summed E-state index contributed by atoms with van der Waals surface area (Å²) in [6, 6.07) is 13.3. The van der Waals surface area contributed by atoms with Gasteiger partial charge in [0.25, 0.3) is 5.91 Å². The van der Waals surface area contributed by atoms with E-state index < -0.39 is 0 Å². The molecule has 1 aromatic carbocycles. The van der Waals surface area contributed by atoms with Gasteiger partial charge in [-0.2, -0.15) is 10.4 Å². The summed E-state index contributed by atoms with van der Waals surface area (Å²) in [6.07, 6.45) is 1.43. The van der Waals surface area contributed by atoms with Crippen molar-refractivity contribution in [3.8, 4) is 17.3 Å². The Morgan fingerprint density at radius 3 is 2.82 bits per heavy atom. The van der Waals surface area contributed by atoms with Crippen molar-refractivity contribution in [2.24, 2.45) is 7.05 Å². The van der Waals surface area contributed by atoms with Gasteiger partial charge in [0, 0.05) is 12.6 Å². The number of thiazole rings is 1. The van der Waals surface area contributed by atoms with E-state index in [9.17, 15) is 4.79 Å². The van der Waals surface area contributed by atoms with E-state index in [2.05, 4.69) is 15.4 Å². The van der Waals surface area contributed by atoms with Crippen molar-refractivity contribution in [1.29, 1.82) is 5.26 Å². The summed E-state index contributed by atoms with van der Waals surface area (Å²) in [5, 5.41) is 16.2. The second kappa shape index (κ2) is 5.79. The molecule has 0 aliphatic carbocycles. The highest BCUT2D eigenvalue weighted by atomic mass is 32.1. The van der Waals surface area contributed by atoms with Crippen LogP contribution in [0.4, 0.5) is 5.13 Å². The summed E-state index contributed by atoms with van der Waals surface area (Å²) in [7, 11) is 1.71. The first-order chi connectivity index (χ1) is 10.7. The molecule has 0 saturated heterocycles. The lowest BCUT2D eigenvalue weighted by Crippen LogP contribution is -2.15. The van der Waals surface area contributed by atoms with E-state index in [4.69, 9.17) is 5.26 Å². The topological polar surface area (TPSA) is 83.6 Å². The first-order valence-corrected chi connectivity index (χ1v) is 7.26. The fourth-order valence-electron chi connectivity index (χ4n) is 1.97. The fourth-order valence-corrected chi connectivity index (χ4v) is 2.58. The van der Waals surface area contributed by atoms with Gasteiger partial charge in [0.2, 0.25) is 0 Å². The number of nitrogens with one attached hydrogen (secondary N) is 1. The molecule has 6 nitrogen and oxygen atoms in total. The minimum absolute atomic E-state index is 0.309. The number of hydrogen-bond donors (Lipinski definition) is 1. The lowest BCUT2D eigenvalue weighted by molar-refractivity contribution is 0.101. The molecule has 1 N–H and O–H groups in total. The van der Waals surface area contributed by atoms with Gasteiger partial charge in [-0.05, 0) is 6.07 Å². The van der Waals surface area contributed by atoms with E-state index in [1.54, 1.807) is 13.1 Å². The van der Waals surface area contributed by atoms with E-state index in [1.807, 2.05) is 36.4 Å². The van der Waals surface area contributed by atoms with Crippen LogP contribution in [0.1, 0.15) is 15.4 Å². The van der Waals surface area contributed by atoms with Crippen LogP contribution in [0.3, 0.4) is 0 Å². The lowest BCUT2D eigenvalue weighted by atomic mass is 10.1. The monoisotopic (exact) mass is 309 g/mol. The summed E-state index contributed by atoms with van der Waals surface area (Å²) >= 11 is 1.13. The number of nitrogens with zero attached hydrogens (tertiary/aromatic N) is 4. The SMILES string of the molecule is Cn1nc(-c2ccccc2)cc1C(=O)Nc1ncc(C#N)s1. The van der Waals surface area contributed by atoms with Crippen LogP contribution in [-0.4, -0.2) is 20.7 Å². The zero-order valence-electron chi connectivity index (χ0n) is 11.6. The van der Waals surface area contributed by atoms with Gasteiger partial charge in [0.1, 0.15) is 16.6 Å². The Bertz CT molecular complexity index is 860. The number of carbonyl (C=O) groups is 1. The Hall–Kier alpha value is -2.98. The molecule has 0 radical (unpaired) electrons. The molecule has 1 amide bonds. The normalized spacial score (nSPS) is 10.2. The molecular weight excluding hydrogens is 298 g/mol. The van der Waals surface area contributed by atoms with Crippen molar-refractivity contribution >= 4 is 22.4 Å². The maximum Gasteiger partial charge on any atom is 0.275 e. The van der Waals surface area contributed by atoms with Crippen LogP contribution < -0.4 is 5.32 Å². The number of amides is 1. The Morgan fingerprint density at radius 2 is 2.14 bits per heavy atom. The number of carbonyl (C=O) groups excluding carboxylic acids is 1. The first-order valence-electron chi connectivity index (χ1n) is 6.44. The third kappa shape index (κ3) is 2.73. The average Bonchev–Trinajstić information content (AvgIpc) is 3.14. The van der Waals surface area contributed by atoms with Gasteiger partial charge in [0.05, 0.1) is 11.9 Å². The van der Waals surface area contributed by atoms with Crippen LogP contribution in [0.15, 0.2) is 42.6 Å². The van der Waals surface area contributed by atoms with Gasteiger partial charge >= 0.3 is 0 Å². The van der Waals surface area contributed by atoms with E-state index >= 15 is 0 Å². The Balaban J connectivity index is 1.84. The summed E-state index contributed by atoms with van der Waals surface area (Å²) < 4.78 is 1.52. The van der Waals surface area contributed by atoms with Gasteiger partial charge < -0.3 is 0 Å². The second-order valence-electron chi connectivity index (χ2n) is 4.50. The molecule has 0 unspecified atom stereocenters. The van der Waals surface area contributed by atoms with E-state index in [0.29, 0.717) is 15.7 Å². The number of hydrogen-bond acceptors (Lipinski definition) is 5. The molecular formula is C15H11N5OS. The molecule has 0 bridgehead atoms. The van der Waals surface area contributed by atoms with Crippen molar-refractivity contribution in [2.75, 3.05) is 5.32 Å². The summed E-state index contributed by atoms with van der Waals surface area (Å²) in [4.78, 5) is 16.7. The van der Waals surface area contributed by atoms with Crippen LogP contribution in [0, 0.1) is 11.3 Å². The zero-order valence-corrected chi connectivity index (χ0v) is 12.5. The third-order valence-corrected chi connectivity index (χ3v) is 3.84. The molecule has 0 aliphatic heterocycles. The van der Waals surface area contributed by atoms with E-state index in [-0.39, 0.29) is 5.91 Å². The summed E-state index contributed by atoms with van der Waals surface area (Å²) in [5.74, 6) is -0.309. The molecule has 3 rings (SSSR count). The molecule has 3 aromatic rings. The molecule has 108 valence electrons. The van der Waals surface area contributed by atoms with Crippen molar-refractivity contribution in [3.05, 3.63) is 53.2 Å². The number of nitriles is 1. The van der Waals surface area contributed by atoms with Crippen molar-refractivity contribution in [2.45, 2.75) is 0 Å². The van der Waals surface area contributed by atoms with Crippen LogP contribution >= 0.6 is 11.3 Å². The molecule has 22 heavy (non-hydrogen) atoms. The molecule has 2 heterocycles.